The van der Waals surface area contributed by atoms with Gasteiger partial charge in [0.2, 0.25) is 0 Å². The molecule has 0 spiro atoms. The third-order valence-corrected chi connectivity index (χ3v) is 3.92. The Kier molecular flexibility index (Phi) is 1.12. The molecule has 2 aromatic heterocycles. The maximum atomic E-state index is 5.51. The van der Waals surface area contributed by atoms with Crippen LogP contribution in [0.5, 0.6) is 0 Å². The molecule has 0 aliphatic heterocycles. The second kappa shape index (κ2) is 1.84. The summed E-state index contributed by atoms with van der Waals surface area (Å²) in [5.74, 6) is 0. The molecule has 0 bridgehead atoms. The van der Waals surface area contributed by atoms with Gasteiger partial charge in [-0.05, 0) is 0 Å². The van der Waals surface area contributed by atoms with Crippen LogP contribution in [0.25, 0.3) is 9.09 Å². The fourth-order valence-corrected chi connectivity index (χ4v) is 3.52. The van der Waals surface area contributed by atoms with E-state index < -0.39 is 0 Å². The molecule has 0 aliphatic rings. The molecule has 4 heteroatoms. The van der Waals surface area contributed by atoms with Crippen molar-refractivity contribution in [3.63, 3.8) is 0 Å². The number of hydrogen-bond donors (Lipinski definition) is 1. The molecule has 0 saturated carbocycles. The van der Waals surface area contributed by atoms with Crippen molar-refractivity contribution in [2.45, 2.75) is 0 Å². The van der Waals surface area contributed by atoms with E-state index in [1.165, 1.54) is 4.26 Å². The first-order valence-electron chi connectivity index (χ1n) is 2.46. The molecule has 2 rings (SSSR count). The van der Waals surface area contributed by atoms with Gasteiger partial charge in [-0.25, -0.2) is 0 Å². The third kappa shape index (κ3) is 0.795. The van der Waals surface area contributed by atoms with E-state index in [2.05, 4.69) is 16.4 Å². The molecule has 0 unspecified atom stereocenters. The van der Waals surface area contributed by atoms with Crippen molar-refractivity contribution in [2.75, 3.05) is 5.73 Å². The van der Waals surface area contributed by atoms with Crippen LogP contribution in [-0.2, 0) is 0 Å². The minimum absolute atomic E-state index is 0.329. The van der Waals surface area contributed by atoms with Gasteiger partial charge in [0.1, 0.15) is 0 Å². The van der Waals surface area contributed by atoms with Crippen LogP contribution < -0.4 is 5.73 Å². The van der Waals surface area contributed by atoms with Gasteiger partial charge in [-0.15, -0.1) is 0 Å². The van der Waals surface area contributed by atoms with Crippen molar-refractivity contribution in [2.24, 2.45) is 0 Å². The van der Waals surface area contributed by atoms with Gasteiger partial charge in [0.25, 0.3) is 0 Å². The molecule has 0 aliphatic carbocycles. The summed E-state index contributed by atoms with van der Waals surface area (Å²) in [6.07, 6.45) is 0. The van der Waals surface area contributed by atoms with E-state index in [9.17, 15) is 0 Å². The van der Waals surface area contributed by atoms with Crippen LogP contribution in [0.3, 0.4) is 0 Å². The Labute approximate surface area is 62.1 Å². The molecule has 0 fully saturated rings. The zero-order valence-electron chi connectivity index (χ0n) is 4.50. The number of hydrogen-bond acceptors (Lipinski definition) is 3. The molecule has 0 saturated heterocycles. The zero-order chi connectivity index (χ0) is 6.27. The molecule has 2 N–H and O–H groups in total. The standard InChI is InChI=1S/C5H4N2SSe/c6-5-7-4-3(9-5)1-2-8-4/h1-2H,(H2,6,7). The minimum atomic E-state index is 0.329. The summed E-state index contributed by atoms with van der Waals surface area (Å²) in [4.78, 5) is 5.27. The second-order valence-corrected chi connectivity index (χ2v) is 4.77. The molecule has 9 heavy (non-hydrogen) atoms. The van der Waals surface area contributed by atoms with Crippen LogP contribution in [0.15, 0.2) is 11.4 Å². The quantitative estimate of drug-likeness (QED) is 0.647. The molecular weight excluding hydrogens is 199 g/mol. The SMILES string of the molecule is Nc1nc2sccc2[se]1. The Balaban J connectivity index is 2.92. The van der Waals surface area contributed by atoms with E-state index in [0.29, 0.717) is 14.5 Å². The monoisotopic (exact) mass is 204 g/mol. The molecule has 0 atom stereocenters. The summed E-state index contributed by atoms with van der Waals surface area (Å²) < 4.78 is 2.15. The van der Waals surface area contributed by atoms with Crippen molar-refractivity contribution < 1.29 is 0 Å². The third-order valence-electron chi connectivity index (χ3n) is 1.04. The maximum absolute atomic E-state index is 5.51. The number of aromatic nitrogens is 1. The fourth-order valence-electron chi connectivity index (χ4n) is 0.684. The van der Waals surface area contributed by atoms with Gasteiger partial charge in [-0.1, -0.05) is 0 Å². The van der Waals surface area contributed by atoms with Crippen LogP contribution in [0, 0.1) is 0 Å². The predicted molar refractivity (Wildman–Crippen MR) is 41.0 cm³/mol. The van der Waals surface area contributed by atoms with Gasteiger partial charge in [-0.2, -0.15) is 0 Å². The molecule has 2 aromatic rings. The summed E-state index contributed by atoms with van der Waals surface area (Å²) in [5, 5.41) is 2.06. The summed E-state index contributed by atoms with van der Waals surface area (Å²) in [5.41, 5.74) is 5.51. The Morgan fingerprint density at radius 3 is 3.33 bits per heavy atom. The molecule has 46 valence electrons. The Bertz CT molecular complexity index is 296. The first kappa shape index (κ1) is 5.47. The van der Waals surface area contributed by atoms with Crippen molar-refractivity contribution in [3.8, 4) is 0 Å². The van der Waals surface area contributed by atoms with Crippen LogP contribution in [0.2, 0.25) is 0 Å². The fraction of sp³-hybridized carbons (Fsp3) is 0. The van der Waals surface area contributed by atoms with E-state index in [4.69, 9.17) is 5.73 Å². The van der Waals surface area contributed by atoms with Crippen molar-refractivity contribution in [1.82, 2.24) is 4.98 Å². The molecule has 0 aromatic carbocycles. The van der Waals surface area contributed by atoms with Crippen LogP contribution in [0.1, 0.15) is 0 Å². The average Bonchev–Trinajstić information content (AvgIpc) is 2.22. The average molecular weight is 203 g/mol. The number of fused-ring (bicyclic) bond motifs is 1. The molecule has 0 amide bonds. The van der Waals surface area contributed by atoms with E-state index in [1.54, 1.807) is 11.3 Å². The van der Waals surface area contributed by atoms with Crippen LogP contribution in [-0.4, -0.2) is 19.5 Å². The number of nitrogens with two attached hydrogens (primary N) is 1. The number of anilines is 1. The first-order chi connectivity index (χ1) is 4.36. The predicted octanol–water partition coefficient (Wildman–Crippen LogP) is 0.935. The number of rotatable bonds is 0. The van der Waals surface area contributed by atoms with E-state index in [0.717, 1.165) is 9.52 Å². The molecule has 0 radical (unpaired) electrons. The first-order valence-corrected chi connectivity index (χ1v) is 5.05. The molecular formula is C5H4N2SSe. The van der Waals surface area contributed by atoms with Gasteiger partial charge in [0.15, 0.2) is 0 Å². The number of nitrogen functional groups attached to an aromatic ring is 1. The number of thiophene rings is 1. The summed E-state index contributed by atoms with van der Waals surface area (Å²) in [6, 6.07) is 2.10. The van der Waals surface area contributed by atoms with E-state index in [1.807, 2.05) is 0 Å². The zero-order valence-corrected chi connectivity index (χ0v) is 7.03. The Hall–Kier alpha value is -0.311. The molecule has 2 heterocycles. The summed E-state index contributed by atoms with van der Waals surface area (Å²) in [7, 11) is 0. The Morgan fingerprint density at radius 2 is 2.56 bits per heavy atom. The van der Waals surface area contributed by atoms with Gasteiger partial charge >= 0.3 is 61.8 Å². The van der Waals surface area contributed by atoms with Gasteiger partial charge < -0.3 is 0 Å². The van der Waals surface area contributed by atoms with Gasteiger partial charge in [-0.3, -0.25) is 0 Å². The van der Waals surface area contributed by atoms with Gasteiger partial charge in [0, 0.05) is 0 Å². The van der Waals surface area contributed by atoms with Crippen molar-refractivity contribution in [3.05, 3.63) is 11.4 Å². The molecule has 2 nitrogen and oxygen atoms in total. The number of nitrogens with zero attached hydrogens (tertiary/aromatic N) is 1. The normalized spacial score (nSPS) is 10.7. The van der Waals surface area contributed by atoms with Crippen molar-refractivity contribution in [1.29, 1.82) is 0 Å². The summed E-state index contributed by atoms with van der Waals surface area (Å²) >= 11 is 1.99. The van der Waals surface area contributed by atoms with Crippen LogP contribution >= 0.6 is 11.3 Å². The van der Waals surface area contributed by atoms with Crippen LogP contribution in [0.4, 0.5) is 4.69 Å². The van der Waals surface area contributed by atoms with Crippen molar-refractivity contribution >= 4 is 39.6 Å². The van der Waals surface area contributed by atoms with E-state index >= 15 is 0 Å². The second-order valence-electron chi connectivity index (χ2n) is 1.64. The Morgan fingerprint density at radius 1 is 1.67 bits per heavy atom. The summed E-state index contributed by atoms with van der Waals surface area (Å²) in [6.45, 7) is 0. The topological polar surface area (TPSA) is 38.9 Å². The van der Waals surface area contributed by atoms with E-state index in [-0.39, 0.29) is 0 Å². The van der Waals surface area contributed by atoms with Gasteiger partial charge in [0.05, 0.1) is 0 Å².